The van der Waals surface area contributed by atoms with Crippen LogP contribution < -0.4 is 0 Å². The number of carbonyl (C=O) groups is 1. The van der Waals surface area contributed by atoms with Crippen LogP contribution in [-0.2, 0) is 13.1 Å². The molecule has 0 aliphatic carbocycles. The van der Waals surface area contributed by atoms with Crippen LogP contribution in [0.2, 0.25) is 0 Å². The first-order valence-corrected chi connectivity index (χ1v) is 10.3. The lowest BCUT2D eigenvalue weighted by molar-refractivity contribution is 0.0782. The number of hydrogen-bond donors (Lipinski definition) is 1. The minimum Gasteiger partial charge on any atom is -0.337 e. The fourth-order valence-corrected chi connectivity index (χ4v) is 4.19. The van der Waals surface area contributed by atoms with Crippen LogP contribution in [0.1, 0.15) is 45.9 Å². The third-order valence-electron chi connectivity index (χ3n) is 5.67. The van der Waals surface area contributed by atoms with Crippen LogP contribution in [0.4, 0.5) is 0 Å². The van der Waals surface area contributed by atoms with E-state index in [-0.39, 0.29) is 5.91 Å². The monoisotopic (exact) mass is 388 g/mol. The van der Waals surface area contributed by atoms with Crippen molar-refractivity contribution >= 4 is 5.91 Å². The summed E-state index contributed by atoms with van der Waals surface area (Å²) in [6, 6.07) is 20.7. The predicted molar refractivity (Wildman–Crippen MR) is 115 cm³/mol. The number of nitrogens with zero attached hydrogens (tertiary/aromatic N) is 3. The van der Waals surface area contributed by atoms with Crippen molar-refractivity contribution in [3.8, 4) is 0 Å². The van der Waals surface area contributed by atoms with Gasteiger partial charge >= 0.3 is 0 Å². The Morgan fingerprint density at radius 1 is 1.10 bits per heavy atom. The van der Waals surface area contributed by atoms with Gasteiger partial charge in [-0.25, -0.2) is 0 Å². The molecule has 29 heavy (non-hydrogen) atoms. The summed E-state index contributed by atoms with van der Waals surface area (Å²) < 4.78 is 0. The van der Waals surface area contributed by atoms with Crippen LogP contribution in [0.3, 0.4) is 0 Å². The number of piperidine rings is 1. The fraction of sp³-hybridized carbons (Fsp3) is 0.333. The Bertz CT molecular complexity index is 922. The van der Waals surface area contributed by atoms with E-state index in [1.807, 2.05) is 37.4 Å². The average Bonchev–Trinajstić information content (AvgIpc) is 3.25. The van der Waals surface area contributed by atoms with E-state index in [1.54, 1.807) is 11.1 Å². The number of nitrogens with one attached hydrogen (secondary N) is 1. The largest absolute Gasteiger partial charge is 0.337 e. The SMILES string of the molecule is CN(Cc1ccccc1)C(=O)c1cn[nH]c1C1CCCN(Cc2ccccc2)C1. The van der Waals surface area contributed by atoms with E-state index >= 15 is 0 Å². The maximum absolute atomic E-state index is 13.1. The maximum Gasteiger partial charge on any atom is 0.257 e. The third kappa shape index (κ3) is 4.74. The average molecular weight is 389 g/mol. The number of aromatic nitrogens is 2. The van der Waals surface area contributed by atoms with Crippen LogP contribution in [-0.4, -0.2) is 46.0 Å². The summed E-state index contributed by atoms with van der Waals surface area (Å²) in [5.74, 6) is 0.330. The van der Waals surface area contributed by atoms with Gasteiger partial charge in [0.05, 0.1) is 17.5 Å². The van der Waals surface area contributed by atoms with Crippen molar-refractivity contribution in [1.82, 2.24) is 20.0 Å². The van der Waals surface area contributed by atoms with Gasteiger partial charge in [-0.1, -0.05) is 60.7 Å². The lowest BCUT2D eigenvalue weighted by Crippen LogP contribution is -2.35. The van der Waals surface area contributed by atoms with Crippen molar-refractivity contribution in [3.05, 3.63) is 89.2 Å². The zero-order valence-corrected chi connectivity index (χ0v) is 16.9. The molecule has 4 rings (SSSR count). The topological polar surface area (TPSA) is 52.2 Å². The highest BCUT2D eigenvalue weighted by atomic mass is 16.2. The van der Waals surface area contributed by atoms with E-state index in [9.17, 15) is 4.79 Å². The molecule has 0 saturated carbocycles. The van der Waals surface area contributed by atoms with Gasteiger partial charge in [0.1, 0.15) is 0 Å². The Morgan fingerprint density at radius 3 is 2.52 bits per heavy atom. The van der Waals surface area contributed by atoms with Crippen molar-refractivity contribution in [3.63, 3.8) is 0 Å². The normalized spacial score (nSPS) is 17.2. The van der Waals surface area contributed by atoms with Crippen LogP contribution in [0, 0.1) is 0 Å². The Labute approximate surface area is 172 Å². The number of hydrogen-bond acceptors (Lipinski definition) is 3. The third-order valence-corrected chi connectivity index (χ3v) is 5.67. The van der Waals surface area contributed by atoms with E-state index < -0.39 is 0 Å². The van der Waals surface area contributed by atoms with Crippen molar-refractivity contribution in [1.29, 1.82) is 0 Å². The molecule has 2 heterocycles. The van der Waals surface area contributed by atoms with Gasteiger partial charge in [0.2, 0.25) is 0 Å². The van der Waals surface area contributed by atoms with Gasteiger partial charge in [0.25, 0.3) is 5.91 Å². The Balaban J connectivity index is 1.44. The van der Waals surface area contributed by atoms with Gasteiger partial charge < -0.3 is 4.90 Å². The molecule has 1 N–H and O–H groups in total. The molecule has 3 aromatic rings. The van der Waals surface area contributed by atoms with Crippen molar-refractivity contribution in [2.75, 3.05) is 20.1 Å². The summed E-state index contributed by atoms with van der Waals surface area (Å²) in [7, 11) is 1.86. The number of H-pyrrole nitrogens is 1. The number of amides is 1. The quantitative estimate of drug-likeness (QED) is 0.693. The molecule has 1 unspecified atom stereocenters. The highest BCUT2D eigenvalue weighted by molar-refractivity contribution is 5.95. The second kappa shape index (κ2) is 9.05. The molecular weight excluding hydrogens is 360 g/mol. The number of carbonyl (C=O) groups excluding carboxylic acids is 1. The van der Waals surface area contributed by atoms with Crippen molar-refractivity contribution in [2.24, 2.45) is 0 Å². The van der Waals surface area contributed by atoms with E-state index in [0.717, 1.165) is 43.7 Å². The molecule has 5 nitrogen and oxygen atoms in total. The van der Waals surface area contributed by atoms with Crippen LogP contribution in [0.5, 0.6) is 0 Å². The summed E-state index contributed by atoms with van der Waals surface area (Å²) >= 11 is 0. The molecule has 1 aliphatic heterocycles. The standard InChI is InChI=1S/C24H28N4O/c1-27(16-19-9-4-2-5-10-19)24(29)22-15-25-26-23(22)21-13-8-14-28(18-21)17-20-11-6-3-7-12-20/h2-7,9-12,15,21H,8,13-14,16-18H2,1H3,(H,25,26). The fourth-order valence-electron chi connectivity index (χ4n) is 4.19. The summed E-state index contributed by atoms with van der Waals surface area (Å²) in [6.45, 7) is 3.58. The van der Waals surface area contributed by atoms with E-state index in [2.05, 4.69) is 45.4 Å². The molecule has 5 heteroatoms. The molecule has 1 fully saturated rings. The summed E-state index contributed by atoms with van der Waals surface area (Å²) in [6.07, 6.45) is 3.90. The molecule has 1 amide bonds. The Morgan fingerprint density at radius 2 is 1.79 bits per heavy atom. The highest BCUT2D eigenvalue weighted by Gasteiger charge is 2.28. The zero-order chi connectivity index (χ0) is 20.1. The van der Waals surface area contributed by atoms with Crippen molar-refractivity contribution < 1.29 is 4.79 Å². The predicted octanol–water partition coefficient (Wildman–Crippen LogP) is 4.06. The summed E-state index contributed by atoms with van der Waals surface area (Å²) in [5.41, 5.74) is 4.14. The van der Waals surface area contributed by atoms with Gasteiger partial charge in [-0.05, 0) is 30.5 Å². The second-order valence-electron chi connectivity index (χ2n) is 7.90. The first-order chi connectivity index (χ1) is 14.2. The van der Waals surface area contributed by atoms with E-state index in [1.165, 1.54) is 5.56 Å². The van der Waals surface area contributed by atoms with Gasteiger partial charge in [-0.15, -0.1) is 0 Å². The molecule has 1 aliphatic rings. The van der Waals surface area contributed by atoms with E-state index in [4.69, 9.17) is 0 Å². The van der Waals surface area contributed by atoms with Crippen LogP contribution in [0.25, 0.3) is 0 Å². The summed E-state index contributed by atoms with van der Waals surface area (Å²) in [4.78, 5) is 17.3. The minimum atomic E-state index is 0.0257. The Kier molecular flexibility index (Phi) is 6.06. The first kappa shape index (κ1) is 19.4. The molecular formula is C24H28N4O. The molecule has 1 aromatic heterocycles. The minimum absolute atomic E-state index is 0.0257. The molecule has 0 radical (unpaired) electrons. The number of benzene rings is 2. The molecule has 2 aromatic carbocycles. The zero-order valence-electron chi connectivity index (χ0n) is 16.9. The summed E-state index contributed by atoms with van der Waals surface area (Å²) in [5, 5.41) is 7.36. The second-order valence-corrected chi connectivity index (χ2v) is 7.90. The lowest BCUT2D eigenvalue weighted by Gasteiger charge is -2.32. The number of likely N-dealkylation sites (tertiary alicyclic amines) is 1. The Hall–Kier alpha value is -2.92. The van der Waals surface area contributed by atoms with Crippen LogP contribution >= 0.6 is 0 Å². The molecule has 150 valence electrons. The number of rotatable bonds is 6. The molecule has 0 spiro atoms. The van der Waals surface area contributed by atoms with E-state index in [0.29, 0.717) is 18.0 Å². The first-order valence-electron chi connectivity index (χ1n) is 10.3. The van der Waals surface area contributed by atoms with Gasteiger partial charge in [0, 0.05) is 32.6 Å². The van der Waals surface area contributed by atoms with Gasteiger partial charge in [0.15, 0.2) is 0 Å². The lowest BCUT2D eigenvalue weighted by atomic mass is 9.92. The van der Waals surface area contributed by atoms with Crippen LogP contribution in [0.15, 0.2) is 66.9 Å². The smallest absolute Gasteiger partial charge is 0.257 e. The van der Waals surface area contributed by atoms with Gasteiger partial charge in [-0.3, -0.25) is 14.8 Å². The highest BCUT2D eigenvalue weighted by Crippen LogP contribution is 2.29. The molecule has 1 atom stereocenters. The van der Waals surface area contributed by atoms with Crippen molar-refractivity contribution in [2.45, 2.75) is 31.8 Å². The number of aromatic amines is 1. The molecule has 1 saturated heterocycles. The molecule has 0 bridgehead atoms. The maximum atomic E-state index is 13.1. The van der Waals surface area contributed by atoms with Gasteiger partial charge in [-0.2, -0.15) is 5.10 Å².